The number of hydrogen-bond donors (Lipinski definition) is 2. The number of amides is 2. The number of rotatable bonds is 6. The molecule has 0 saturated heterocycles. The molecule has 26 heavy (non-hydrogen) atoms. The van der Waals surface area contributed by atoms with Gasteiger partial charge in [0.15, 0.2) is 11.6 Å². The molecule has 0 aliphatic carbocycles. The minimum Gasteiger partial charge on any atom is -0.494 e. The van der Waals surface area contributed by atoms with Gasteiger partial charge >= 0.3 is 0 Å². The van der Waals surface area contributed by atoms with Crippen LogP contribution in [0.25, 0.3) is 6.08 Å². The summed E-state index contributed by atoms with van der Waals surface area (Å²) >= 11 is 0. The van der Waals surface area contributed by atoms with E-state index in [1.54, 1.807) is 0 Å². The molecule has 2 rings (SSSR count). The standard InChI is InChI=1S/C17H15FN2O5S/c1-25-15-8-2-11(10-14(15)18)3-9-16(21)20-26(23,24)13-6-4-12(5-7-13)17(19)22/h2-10H,1H3,(H2,19,22)(H,20,21). The van der Waals surface area contributed by atoms with Gasteiger partial charge in [0, 0.05) is 11.6 Å². The number of carbonyl (C=O) groups is 2. The zero-order valence-corrected chi connectivity index (χ0v) is 14.4. The Labute approximate surface area is 149 Å². The van der Waals surface area contributed by atoms with E-state index in [1.165, 1.54) is 37.5 Å². The van der Waals surface area contributed by atoms with E-state index in [1.807, 2.05) is 4.72 Å². The molecule has 9 heteroatoms. The second-order valence-corrected chi connectivity index (χ2v) is 6.77. The number of sulfonamides is 1. The van der Waals surface area contributed by atoms with Crippen molar-refractivity contribution in [3.63, 3.8) is 0 Å². The first kappa shape index (κ1) is 19.1. The van der Waals surface area contributed by atoms with Crippen molar-refractivity contribution in [2.24, 2.45) is 5.73 Å². The van der Waals surface area contributed by atoms with Gasteiger partial charge in [0.2, 0.25) is 5.91 Å². The Kier molecular flexibility index (Phi) is 5.73. The second-order valence-electron chi connectivity index (χ2n) is 5.09. The normalized spacial score (nSPS) is 11.3. The molecule has 7 nitrogen and oxygen atoms in total. The lowest BCUT2D eigenvalue weighted by atomic mass is 10.2. The Morgan fingerprint density at radius 3 is 2.35 bits per heavy atom. The Balaban J connectivity index is 2.10. The lowest BCUT2D eigenvalue weighted by molar-refractivity contribution is -0.114. The van der Waals surface area contributed by atoms with Gasteiger partial charge in [-0.1, -0.05) is 6.07 Å². The van der Waals surface area contributed by atoms with E-state index in [0.717, 1.165) is 24.3 Å². The van der Waals surface area contributed by atoms with E-state index >= 15 is 0 Å². The van der Waals surface area contributed by atoms with Gasteiger partial charge in [-0.3, -0.25) is 9.59 Å². The molecular weight excluding hydrogens is 363 g/mol. The molecule has 2 amide bonds. The minimum absolute atomic E-state index is 0.0496. The van der Waals surface area contributed by atoms with Gasteiger partial charge < -0.3 is 10.5 Å². The molecule has 0 aromatic heterocycles. The predicted molar refractivity (Wildman–Crippen MR) is 92.3 cm³/mol. The van der Waals surface area contributed by atoms with Crippen LogP contribution in [0.2, 0.25) is 0 Å². The van der Waals surface area contributed by atoms with E-state index in [0.29, 0.717) is 5.56 Å². The van der Waals surface area contributed by atoms with Gasteiger partial charge in [0.05, 0.1) is 12.0 Å². The number of nitrogens with one attached hydrogen (secondary N) is 1. The first-order chi connectivity index (χ1) is 12.2. The third kappa shape index (κ3) is 4.67. The molecule has 2 aromatic carbocycles. The SMILES string of the molecule is COc1ccc(C=CC(=O)NS(=O)(=O)c2ccc(C(N)=O)cc2)cc1F. The quantitative estimate of drug-likeness (QED) is 0.738. The summed E-state index contributed by atoms with van der Waals surface area (Å²) in [6.45, 7) is 0. The van der Waals surface area contributed by atoms with Crippen molar-refractivity contribution in [1.29, 1.82) is 0 Å². The topological polar surface area (TPSA) is 116 Å². The average molecular weight is 378 g/mol. The number of benzene rings is 2. The summed E-state index contributed by atoms with van der Waals surface area (Å²) in [6, 6.07) is 8.79. The summed E-state index contributed by atoms with van der Waals surface area (Å²) in [4.78, 5) is 22.6. The van der Waals surface area contributed by atoms with Crippen LogP contribution in [-0.2, 0) is 14.8 Å². The second kappa shape index (κ2) is 7.79. The van der Waals surface area contributed by atoms with Crippen molar-refractivity contribution in [3.05, 3.63) is 65.5 Å². The molecular formula is C17H15FN2O5S. The number of methoxy groups -OCH3 is 1. The fraction of sp³-hybridized carbons (Fsp3) is 0.0588. The van der Waals surface area contributed by atoms with Crippen molar-refractivity contribution in [2.45, 2.75) is 4.90 Å². The summed E-state index contributed by atoms with van der Waals surface area (Å²) in [5.74, 6) is -2.18. The van der Waals surface area contributed by atoms with Crippen LogP contribution < -0.4 is 15.2 Å². The average Bonchev–Trinajstić information content (AvgIpc) is 2.60. The van der Waals surface area contributed by atoms with Crippen LogP contribution in [0.5, 0.6) is 5.75 Å². The van der Waals surface area contributed by atoms with E-state index in [-0.39, 0.29) is 16.2 Å². The maximum Gasteiger partial charge on any atom is 0.264 e. The predicted octanol–water partition coefficient (Wildman–Crippen LogP) is 1.45. The summed E-state index contributed by atoms with van der Waals surface area (Å²) in [6.07, 6.45) is 2.21. The highest BCUT2D eigenvalue weighted by Gasteiger charge is 2.16. The molecule has 0 aliphatic rings. The van der Waals surface area contributed by atoms with Crippen LogP contribution in [0.1, 0.15) is 15.9 Å². The van der Waals surface area contributed by atoms with Crippen LogP contribution in [-0.4, -0.2) is 27.3 Å². The maximum atomic E-state index is 13.6. The number of halogens is 1. The molecule has 0 bridgehead atoms. The van der Waals surface area contributed by atoms with Gasteiger partial charge in [0.1, 0.15) is 0 Å². The van der Waals surface area contributed by atoms with Gasteiger partial charge in [-0.2, -0.15) is 0 Å². The summed E-state index contributed by atoms with van der Waals surface area (Å²) in [5, 5.41) is 0. The van der Waals surface area contributed by atoms with E-state index < -0.39 is 27.7 Å². The third-order valence-electron chi connectivity index (χ3n) is 3.29. The van der Waals surface area contributed by atoms with Crippen molar-refractivity contribution in [1.82, 2.24) is 4.72 Å². The highest BCUT2D eigenvalue weighted by Crippen LogP contribution is 2.18. The molecule has 0 unspecified atom stereocenters. The number of ether oxygens (including phenoxy) is 1. The molecule has 2 aromatic rings. The lowest BCUT2D eigenvalue weighted by Crippen LogP contribution is -2.29. The van der Waals surface area contributed by atoms with Crippen molar-refractivity contribution < 1.29 is 27.1 Å². The van der Waals surface area contributed by atoms with Crippen LogP contribution in [0, 0.1) is 5.82 Å². The summed E-state index contributed by atoms with van der Waals surface area (Å²) in [5.41, 5.74) is 5.56. The lowest BCUT2D eigenvalue weighted by Gasteiger charge is -2.05. The number of carbonyl (C=O) groups excluding carboxylic acids is 2. The van der Waals surface area contributed by atoms with Gasteiger partial charge in [-0.15, -0.1) is 0 Å². The van der Waals surface area contributed by atoms with E-state index in [9.17, 15) is 22.4 Å². The molecule has 0 spiro atoms. The Morgan fingerprint density at radius 1 is 1.15 bits per heavy atom. The van der Waals surface area contributed by atoms with Crippen molar-refractivity contribution in [3.8, 4) is 5.75 Å². The van der Waals surface area contributed by atoms with E-state index in [2.05, 4.69) is 0 Å². The molecule has 0 atom stereocenters. The Morgan fingerprint density at radius 2 is 1.81 bits per heavy atom. The molecule has 0 saturated carbocycles. The zero-order valence-electron chi connectivity index (χ0n) is 13.6. The van der Waals surface area contributed by atoms with Crippen LogP contribution in [0.3, 0.4) is 0 Å². The van der Waals surface area contributed by atoms with Crippen molar-refractivity contribution in [2.75, 3.05) is 7.11 Å². The molecule has 0 fully saturated rings. The highest BCUT2D eigenvalue weighted by molar-refractivity contribution is 7.90. The van der Waals surface area contributed by atoms with Gasteiger partial charge in [-0.25, -0.2) is 17.5 Å². The van der Waals surface area contributed by atoms with Gasteiger partial charge in [0.25, 0.3) is 15.9 Å². The Hall–Kier alpha value is -3.20. The van der Waals surface area contributed by atoms with Crippen LogP contribution in [0.4, 0.5) is 4.39 Å². The van der Waals surface area contributed by atoms with Crippen LogP contribution >= 0.6 is 0 Å². The number of hydrogen-bond acceptors (Lipinski definition) is 5. The van der Waals surface area contributed by atoms with Crippen molar-refractivity contribution >= 4 is 27.9 Å². The first-order valence-corrected chi connectivity index (χ1v) is 8.69. The molecule has 0 aliphatic heterocycles. The van der Waals surface area contributed by atoms with Gasteiger partial charge in [-0.05, 0) is 48.0 Å². The summed E-state index contributed by atoms with van der Waals surface area (Å²) < 4.78 is 44.4. The number of primary amides is 1. The van der Waals surface area contributed by atoms with Crippen LogP contribution in [0.15, 0.2) is 53.4 Å². The third-order valence-corrected chi connectivity index (χ3v) is 4.65. The maximum absolute atomic E-state index is 13.6. The largest absolute Gasteiger partial charge is 0.494 e. The fourth-order valence-corrected chi connectivity index (χ4v) is 2.93. The first-order valence-electron chi connectivity index (χ1n) is 7.21. The number of nitrogens with two attached hydrogens (primary N) is 1. The Bertz CT molecular complexity index is 969. The molecule has 3 N–H and O–H groups in total. The van der Waals surface area contributed by atoms with E-state index in [4.69, 9.17) is 10.5 Å². The molecule has 0 heterocycles. The monoisotopic (exact) mass is 378 g/mol. The fourth-order valence-electron chi connectivity index (χ4n) is 1.98. The zero-order chi connectivity index (χ0) is 19.3. The highest BCUT2D eigenvalue weighted by atomic mass is 32.2. The summed E-state index contributed by atoms with van der Waals surface area (Å²) in [7, 11) is -2.80. The molecule has 0 radical (unpaired) electrons. The smallest absolute Gasteiger partial charge is 0.264 e. The molecule has 136 valence electrons. The minimum atomic E-state index is -4.12.